The Hall–Kier alpha value is -4.18. The van der Waals surface area contributed by atoms with Gasteiger partial charge in [0.25, 0.3) is 5.56 Å². The van der Waals surface area contributed by atoms with Gasteiger partial charge in [-0.1, -0.05) is 49.2 Å². The van der Waals surface area contributed by atoms with Crippen LogP contribution in [0.2, 0.25) is 5.02 Å². The molecule has 0 spiro atoms. The Morgan fingerprint density at radius 3 is 2.49 bits per heavy atom. The van der Waals surface area contributed by atoms with Gasteiger partial charge in [0.05, 0.1) is 31.8 Å². The minimum absolute atomic E-state index is 0.0854. The van der Waals surface area contributed by atoms with Crippen molar-refractivity contribution in [3.8, 4) is 28.4 Å². The molecule has 0 fully saturated rings. The van der Waals surface area contributed by atoms with Crippen molar-refractivity contribution >= 4 is 23.4 Å². The summed E-state index contributed by atoms with van der Waals surface area (Å²) in [6.45, 7) is 2.29. The van der Waals surface area contributed by atoms with Gasteiger partial charge in [0, 0.05) is 17.3 Å². The van der Waals surface area contributed by atoms with E-state index in [9.17, 15) is 14.7 Å². The number of pyridine rings is 1. The van der Waals surface area contributed by atoms with E-state index in [1.54, 1.807) is 24.3 Å². The number of benzene rings is 2. The van der Waals surface area contributed by atoms with E-state index < -0.39 is 11.8 Å². The van der Waals surface area contributed by atoms with Crippen LogP contribution in [0.3, 0.4) is 0 Å². The van der Waals surface area contributed by atoms with Gasteiger partial charge in [-0.2, -0.15) is 0 Å². The molecule has 1 atom stereocenters. The number of nitrogens with one attached hydrogen (secondary N) is 3. The Bertz CT molecular complexity index is 1420. The second-order valence-corrected chi connectivity index (χ2v) is 9.30. The number of nitrogens with zero attached hydrogens (tertiary/aromatic N) is 1. The molecule has 11 heteroatoms. The smallest absolute Gasteiger partial charge is 0.264 e. The van der Waals surface area contributed by atoms with E-state index in [-0.39, 0.29) is 36.1 Å². The topological polar surface area (TPSA) is 134 Å². The van der Waals surface area contributed by atoms with E-state index in [1.165, 1.54) is 14.2 Å². The number of aromatic amines is 1. The first kappa shape index (κ1) is 27.8. The number of unbranched alkanes of at least 4 members (excludes halogenated alkanes) is 1. The molecule has 4 rings (SSSR count). The molecule has 3 aromatic rings. The Balaban J connectivity index is 1.60. The number of aromatic hydroxyl groups is 1. The minimum Gasteiger partial charge on any atom is -0.506 e. The number of rotatable bonds is 11. The molecular weight excluding hydrogens is 524 g/mol. The van der Waals surface area contributed by atoms with Gasteiger partial charge < -0.3 is 29.6 Å². The Morgan fingerprint density at radius 2 is 1.82 bits per heavy atom. The molecule has 0 saturated heterocycles. The number of ether oxygens (including phenoxy) is 3. The highest BCUT2D eigenvalue weighted by atomic mass is 35.5. The van der Waals surface area contributed by atoms with Crippen LogP contribution in [0.15, 0.2) is 52.4 Å². The third kappa shape index (κ3) is 6.12. The standard InChI is InChI=1S/C28H31ClN4O6/c1-4-5-11-18-23(24-19(37-2)12-8-13-20(24)38-3)26(35)25(27(36)31-18)28-33-32-22(39-28)14-21(34)30-15-16-9-6-7-10-17(16)29/h6-10,12-13,22,32H,4-5,11,14-15H2,1-3H3,(H,30,34)(H2,31,35,36). The molecule has 1 aliphatic rings. The van der Waals surface area contributed by atoms with Crippen LogP contribution in [0, 0.1) is 0 Å². The van der Waals surface area contributed by atoms with Crippen LogP contribution in [-0.2, 0) is 22.5 Å². The van der Waals surface area contributed by atoms with Gasteiger partial charge in [0.1, 0.15) is 22.8 Å². The summed E-state index contributed by atoms with van der Waals surface area (Å²) in [7, 11) is 3.03. The summed E-state index contributed by atoms with van der Waals surface area (Å²) >= 11 is 6.15. The van der Waals surface area contributed by atoms with Crippen LogP contribution in [0.25, 0.3) is 11.1 Å². The lowest BCUT2D eigenvalue weighted by molar-refractivity contribution is -0.123. The molecular formula is C28H31ClN4O6. The van der Waals surface area contributed by atoms with Crippen molar-refractivity contribution in [2.24, 2.45) is 5.10 Å². The highest BCUT2D eigenvalue weighted by Gasteiger charge is 2.31. The molecule has 1 aromatic heterocycles. The van der Waals surface area contributed by atoms with E-state index in [1.807, 2.05) is 25.1 Å². The summed E-state index contributed by atoms with van der Waals surface area (Å²) in [6.07, 6.45) is 1.25. The van der Waals surface area contributed by atoms with E-state index in [0.29, 0.717) is 39.8 Å². The van der Waals surface area contributed by atoms with Crippen LogP contribution in [0.5, 0.6) is 17.2 Å². The number of hydrogen-bond donors (Lipinski definition) is 4. The first-order valence-corrected chi connectivity index (χ1v) is 13.0. The maximum absolute atomic E-state index is 13.2. The molecule has 39 heavy (non-hydrogen) atoms. The van der Waals surface area contributed by atoms with Crippen molar-refractivity contribution in [2.45, 2.75) is 45.4 Å². The monoisotopic (exact) mass is 554 g/mol. The fraction of sp³-hybridized carbons (Fsp3) is 0.321. The molecule has 1 aliphatic heterocycles. The SMILES string of the molecule is CCCCc1[nH]c(=O)c(C2=NNC(CC(=O)NCc3ccccc3Cl)O2)c(O)c1-c1c(OC)cccc1OC. The van der Waals surface area contributed by atoms with Crippen molar-refractivity contribution in [3.05, 3.63) is 74.7 Å². The van der Waals surface area contributed by atoms with E-state index >= 15 is 0 Å². The van der Waals surface area contributed by atoms with Gasteiger partial charge in [0.2, 0.25) is 11.8 Å². The molecule has 2 heterocycles. The summed E-state index contributed by atoms with van der Waals surface area (Å²) in [5.41, 5.74) is 4.16. The third-order valence-corrected chi connectivity index (χ3v) is 6.68. The molecule has 1 amide bonds. The van der Waals surface area contributed by atoms with Gasteiger partial charge in [-0.25, -0.2) is 0 Å². The average molecular weight is 555 g/mol. The van der Waals surface area contributed by atoms with Gasteiger partial charge in [-0.3, -0.25) is 15.0 Å². The summed E-state index contributed by atoms with van der Waals surface area (Å²) in [4.78, 5) is 28.6. The average Bonchev–Trinajstić information content (AvgIpc) is 3.38. The first-order chi connectivity index (χ1) is 18.9. The van der Waals surface area contributed by atoms with Crippen LogP contribution >= 0.6 is 11.6 Å². The molecule has 0 bridgehead atoms. The van der Waals surface area contributed by atoms with E-state index in [0.717, 1.165) is 18.4 Å². The zero-order chi connectivity index (χ0) is 27.9. The van der Waals surface area contributed by atoms with Crippen LogP contribution in [0.4, 0.5) is 0 Å². The number of aromatic nitrogens is 1. The fourth-order valence-electron chi connectivity index (χ4n) is 4.34. The largest absolute Gasteiger partial charge is 0.506 e. The molecule has 10 nitrogen and oxygen atoms in total. The van der Waals surface area contributed by atoms with Gasteiger partial charge >= 0.3 is 0 Å². The van der Waals surface area contributed by atoms with Gasteiger partial charge in [-0.15, -0.1) is 5.10 Å². The molecule has 0 aliphatic carbocycles. The maximum atomic E-state index is 13.2. The Labute approximate surface area is 231 Å². The zero-order valence-electron chi connectivity index (χ0n) is 22.0. The van der Waals surface area contributed by atoms with Gasteiger partial charge in [0.15, 0.2) is 6.23 Å². The number of amides is 1. The van der Waals surface area contributed by atoms with Gasteiger partial charge in [-0.05, 0) is 36.6 Å². The lowest BCUT2D eigenvalue weighted by Gasteiger charge is -2.19. The molecule has 4 N–H and O–H groups in total. The first-order valence-electron chi connectivity index (χ1n) is 12.6. The lowest BCUT2D eigenvalue weighted by Crippen LogP contribution is -2.32. The zero-order valence-corrected chi connectivity index (χ0v) is 22.7. The maximum Gasteiger partial charge on any atom is 0.264 e. The van der Waals surface area contributed by atoms with Crippen molar-refractivity contribution in [2.75, 3.05) is 14.2 Å². The number of carbonyl (C=O) groups excluding carboxylic acids is 1. The van der Waals surface area contributed by atoms with Crippen LogP contribution in [0.1, 0.15) is 43.0 Å². The Morgan fingerprint density at radius 1 is 1.10 bits per heavy atom. The fourth-order valence-corrected chi connectivity index (χ4v) is 4.54. The summed E-state index contributed by atoms with van der Waals surface area (Å²) in [6, 6.07) is 12.5. The predicted molar refractivity (Wildman–Crippen MR) is 148 cm³/mol. The van der Waals surface area contributed by atoms with E-state index in [4.69, 9.17) is 25.8 Å². The number of hydrazone groups is 1. The number of H-pyrrole nitrogens is 1. The van der Waals surface area contributed by atoms with E-state index in [2.05, 4.69) is 20.8 Å². The number of hydrogen-bond acceptors (Lipinski definition) is 8. The lowest BCUT2D eigenvalue weighted by atomic mass is 9.96. The predicted octanol–water partition coefficient (Wildman–Crippen LogP) is 4.07. The normalized spacial score (nSPS) is 14.3. The highest BCUT2D eigenvalue weighted by molar-refractivity contribution is 6.31. The highest BCUT2D eigenvalue weighted by Crippen LogP contribution is 2.45. The summed E-state index contributed by atoms with van der Waals surface area (Å²) in [5.74, 6) is 0.157. The van der Waals surface area contributed by atoms with Crippen molar-refractivity contribution < 1.29 is 24.1 Å². The number of methoxy groups -OCH3 is 2. The summed E-state index contributed by atoms with van der Waals surface area (Å²) < 4.78 is 16.9. The molecule has 0 saturated carbocycles. The molecule has 2 aromatic carbocycles. The number of aryl methyl sites for hydroxylation is 1. The van der Waals surface area contributed by atoms with Crippen molar-refractivity contribution in [3.63, 3.8) is 0 Å². The second kappa shape index (κ2) is 12.6. The molecule has 206 valence electrons. The molecule has 0 radical (unpaired) electrons. The number of carbonyl (C=O) groups is 1. The summed E-state index contributed by atoms with van der Waals surface area (Å²) in [5, 5.41) is 18.9. The number of halogens is 1. The Kier molecular flexibility index (Phi) is 8.98. The quantitative estimate of drug-likeness (QED) is 0.280. The molecule has 1 unspecified atom stereocenters. The second-order valence-electron chi connectivity index (χ2n) is 8.90. The third-order valence-electron chi connectivity index (χ3n) is 6.31. The van der Waals surface area contributed by atoms with Crippen molar-refractivity contribution in [1.82, 2.24) is 15.7 Å². The van der Waals surface area contributed by atoms with Crippen molar-refractivity contribution in [1.29, 1.82) is 0 Å². The van der Waals surface area contributed by atoms with Crippen LogP contribution in [-0.4, -0.2) is 42.3 Å². The minimum atomic E-state index is -0.839. The van der Waals surface area contributed by atoms with Crippen LogP contribution < -0.4 is 25.8 Å².